The SMILES string of the molecule is Clc1cc(Cl)c([C](c2c(Cl)cncc2Cl)c2c(Cl)c(Cl)c(/C=C/c3ccc(N(c4ccccc4)c4ccccc4)cc3)c(Cl)c2Cl)c(Cl)c1. The number of hydrogen-bond acceptors (Lipinski definition) is 2. The summed E-state index contributed by atoms with van der Waals surface area (Å²) in [6, 6.07) is 31.4. The van der Waals surface area contributed by atoms with Gasteiger partial charge >= 0.3 is 0 Å². The van der Waals surface area contributed by atoms with Gasteiger partial charge < -0.3 is 4.90 Å². The minimum absolute atomic E-state index is 0.0773. The van der Waals surface area contributed by atoms with E-state index < -0.39 is 0 Å². The predicted octanol–water partition coefficient (Wildman–Crippen LogP) is 15.6. The van der Waals surface area contributed by atoms with Crippen molar-refractivity contribution in [3.63, 3.8) is 0 Å². The highest BCUT2D eigenvalue weighted by Crippen LogP contribution is 2.52. The fraction of sp³-hybridized carbons (Fsp3) is 0. The minimum Gasteiger partial charge on any atom is -0.311 e. The Balaban J connectivity index is 1.41. The summed E-state index contributed by atoms with van der Waals surface area (Å²) in [6.07, 6.45) is 6.47. The van der Waals surface area contributed by atoms with Crippen LogP contribution in [0.25, 0.3) is 12.2 Å². The highest BCUT2D eigenvalue weighted by molar-refractivity contribution is 6.50. The molecule has 5 aromatic carbocycles. The number of hydrogen-bond donors (Lipinski definition) is 0. The first kappa shape index (κ1) is 36.2. The lowest BCUT2D eigenvalue weighted by Gasteiger charge is -2.26. The van der Waals surface area contributed by atoms with E-state index in [1.165, 1.54) is 24.5 Å². The van der Waals surface area contributed by atoms with Crippen LogP contribution in [0.5, 0.6) is 0 Å². The number of halogens is 9. The van der Waals surface area contributed by atoms with Crippen LogP contribution in [-0.4, -0.2) is 4.98 Å². The van der Waals surface area contributed by atoms with Gasteiger partial charge in [0.1, 0.15) is 0 Å². The van der Waals surface area contributed by atoms with Crippen LogP contribution in [-0.2, 0) is 0 Å². The van der Waals surface area contributed by atoms with E-state index in [1.807, 2.05) is 66.7 Å². The van der Waals surface area contributed by atoms with Gasteiger partial charge in [-0.15, -0.1) is 0 Å². The molecule has 0 bridgehead atoms. The molecular weight excluding hydrogens is 804 g/mol. The third kappa shape index (κ3) is 7.55. The summed E-state index contributed by atoms with van der Waals surface area (Å²) in [7, 11) is 0. The Bertz CT molecular complexity index is 2060. The van der Waals surface area contributed by atoms with E-state index in [0.29, 0.717) is 27.6 Å². The Kier molecular flexibility index (Phi) is 11.6. The van der Waals surface area contributed by atoms with E-state index in [1.54, 1.807) is 6.08 Å². The zero-order chi connectivity index (χ0) is 34.8. The molecule has 2 nitrogen and oxygen atoms in total. The maximum atomic E-state index is 7.02. The molecule has 11 heteroatoms. The van der Waals surface area contributed by atoms with Gasteiger partial charge in [0.2, 0.25) is 0 Å². The number of nitrogens with zero attached hydrogens (tertiary/aromatic N) is 2. The molecule has 0 N–H and O–H groups in total. The summed E-state index contributed by atoms with van der Waals surface area (Å²) in [5.41, 5.74) is 5.21. The van der Waals surface area contributed by atoms with Crippen LogP contribution in [0.3, 0.4) is 0 Å². The van der Waals surface area contributed by atoms with Gasteiger partial charge in [-0.05, 0) is 54.1 Å². The molecule has 0 aliphatic heterocycles. The number of para-hydroxylation sites is 2. The molecule has 6 aromatic rings. The Morgan fingerprint density at radius 2 is 0.918 bits per heavy atom. The highest BCUT2D eigenvalue weighted by Gasteiger charge is 2.34. The Hall–Kier alpha value is -2.60. The van der Waals surface area contributed by atoms with Crippen molar-refractivity contribution in [1.82, 2.24) is 4.98 Å². The van der Waals surface area contributed by atoms with Crippen molar-refractivity contribution in [2.45, 2.75) is 0 Å². The Morgan fingerprint density at radius 1 is 0.469 bits per heavy atom. The monoisotopic (exact) mass is 819 g/mol. The molecule has 0 saturated carbocycles. The fourth-order valence-corrected chi connectivity index (χ4v) is 8.08. The number of rotatable bonds is 8. The lowest BCUT2D eigenvalue weighted by atomic mass is 9.84. The zero-order valence-corrected chi connectivity index (χ0v) is 31.6. The van der Waals surface area contributed by atoms with Crippen molar-refractivity contribution in [2.75, 3.05) is 4.90 Å². The molecule has 1 aromatic heterocycles. The Morgan fingerprint density at radius 3 is 1.41 bits per heavy atom. The molecule has 49 heavy (non-hydrogen) atoms. The van der Waals surface area contributed by atoms with Crippen LogP contribution in [0.15, 0.2) is 109 Å². The lowest BCUT2D eigenvalue weighted by Crippen LogP contribution is -2.11. The van der Waals surface area contributed by atoms with Gasteiger partial charge in [0.15, 0.2) is 0 Å². The van der Waals surface area contributed by atoms with Crippen LogP contribution < -0.4 is 4.90 Å². The van der Waals surface area contributed by atoms with E-state index in [0.717, 1.165) is 22.6 Å². The number of anilines is 3. The highest BCUT2D eigenvalue weighted by atomic mass is 35.5. The molecule has 1 radical (unpaired) electrons. The van der Waals surface area contributed by atoms with Crippen LogP contribution in [0.4, 0.5) is 17.1 Å². The maximum Gasteiger partial charge on any atom is 0.0722 e. The normalized spacial score (nSPS) is 11.5. The van der Waals surface area contributed by atoms with Crippen molar-refractivity contribution < 1.29 is 0 Å². The summed E-state index contributed by atoms with van der Waals surface area (Å²) in [5.74, 6) is 0.301. The molecule has 0 atom stereocenters. The third-order valence-electron chi connectivity index (χ3n) is 7.53. The van der Waals surface area contributed by atoms with Crippen LogP contribution in [0.1, 0.15) is 27.8 Å². The van der Waals surface area contributed by atoms with E-state index in [2.05, 4.69) is 34.1 Å². The van der Waals surface area contributed by atoms with E-state index >= 15 is 0 Å². The van der Waals surface area contributed by atoms with Gasteiger partial charge in [-0.25, -0.2) is 0 Å². The van der Waals surface area contributed by atoms with E-state index in [4.69, 9.17) is 104 Å². The van der Waals surface area contributed by atoms with Crippen molar-refractivity contribution in [1.29, 1.82) is 0 Å². The number of benzene rings is 5. The molecule has 0 saturated heterocycles. The van der Waals surface area contributed by atoms with Gasteiger partial charge in [-0.3, -0.25) is 4.98 Å². The molecule has 0 aliphatic rings. The standard InChI is InChI=1S/C38H20Cl9N2/c39-22-17-27(40)31(28(41)18-22)33(32-29(42)19-48-20-30(32)43)34-37(46)35(44)26(36(45)38(34)47)16-13-21-11-14-25(15-12-21)49(23-7-3-1-4-8-23)24-9-5-2-6-10-24/h1-20H/b16-13+. The molecule has 0 amide bonds. The molecule has 0 fully saturated rings. The third-order valence-corrected chi connectivity index (χ3v) is 10.7. The first-order valence-corrected chi connectivity index (χ1v) is 17.8. The van der Waals surface area contributed by atoms with E-state index in [-0.39, 0.29) is 45.7 Å². The fourth-order valence-electron chi connectivity index (χ4n) is 5.34. The van der Waals surface area contributed by atoms with Crippen molar-refractivity contribution in [3.05, 3.63) is 188 Å². The largest absolute Gasteiger partial charge is 0.311 e. The van der Waals surface area contributed by atoms with Crippen LogP contribution in [0, 0.1) is 5.92 Å². The molecule has 245 valence electrons. The maximum absolute atomic E-state index is 7.02. The quantitative estimate of drug-likeness (QED) is 0.112. The van der Waals surface area contributed by atoms with Crippen LogP contribution >= 0.6 is 104 Å². The first-order chi connectivity index (χ1) is 23.6. The minimum atomic E-state index is 0.0773. The van der Waals surface area contributed by atoms with Gasteiger partial charge in [0.25, 0.3) is 0 Å². The molecule has 6 rings (SSSR count). The van der Waals surface area contributed by atoms with Gasteiger partial charge in [-0.2, -0.15) is 0 Å². The second-order valence-electron chi connectivity index (χ2n) is 10.6. The van der Waals surface area contributed by atoms with Gasteiger partial charge in [0, 0.05) is 66.8 Å². The van der Waals surface area contributed by atoms with Gasteiger partial charge in [-0.1, -0.05) is 165 Å². The molecule has 1 heterocycles. The molecular formula is C38H20Cl9N2. The average molecular weight is 824 g/mol. The summed E-state index contributed by atoms with van der Waals surface area (Å²) in [5, 5.41) is 1.52. The lowest BCUT2D eigenvalue weighted by molar-refractivity contribution is 1.19. The second-order valence-corrected chi connectivity index (χ2v) is 14.2. The van der Waals surface area contributed by atoms with Crippen LogP contribution in [0.2, 0.25) is 45.2 Å². The topological polar surface area (TPSA) is 16.1 Å². The molecule has 0 unspecified atom stereocenters. The summed E-state index contributed by atoms with van der Waals surface area (Å²) in [6.45, 7) is 0. The van der Waals surface area contributed by atoms with E-state index in [9.17, 15) is 0 Å². The molecule has 0 aliphatic carbocycles. The van der Waals surface area contributed by atoms with Gasteiger partial charge in [0.05, 0.1) is 36.1 Å². The second kappa shape index (κ2) is 15.7. The number of pyridine rings is 1. The van der Waals surface area contributed by atoms with Crippen molar-refractivity contribution in [2.24, 2.45) is 0 Å². The number of aromatic nitrogens is 1. The van der Waals surface area contributed by atoms with Crippen molar-refractivity contribution >= 4 is 134 Å². The first-order valence-electron chi connectivity index (χ1n) is 14.4. The average Bonchev–Trinajstić information content (AvgIpc) is 3.08. The smallest absolute Gasteiger partial charge is 0.0722 e. The summed E-state index contributed by atoms with van der Waals surface area (Å²) in [4.78, 5) is 6.25. The van der Waals surface area contributed by atoms with Crippen molar-refractivity contribution in [3.8, 4) is 0 Å². The summed E-state index contributed by atoms with van der Waals surface area (Å²) < 4.78 is 0. The molecule has 0 spiro atoms. The predicted molar refractivity (Wildman–Crippen MR) is 213 cm³/mol. The zero-order valence-electron chi connectivity index (χ0n) is 24.8. The summed E-state index contributed by atoms with van der Waals surface area (Å²) >= 11 is 60.9. The Labute approximate surface area is 329 Å².